The maximum absolute atomic E-state index is 11.9. The van der Waals surface area contributed by atoms with Crippen LogP contribution in [0, 0.1) is 0 Å². The summed E-state index contributed by atoms with van der Waals surface area (Å²) in [6.45, 7) is 6.91. The molecule has 2 amide bonds. The van der Waals surface area contributed by atoms with E-state index in [2.05, 4.69) is 35.0 Å². The first-order valence-electron chi connectivity index (χ1n) is 7.29. The molecule has 5 nitrogen and oxygen atoms in total. The van der Waals surface area contributed by atoms with Crippen molar-refractivity contribution in [3.8, 4) is 0 Å². The summed E-state index contributed by atoms with van der Waals surface area (Å²) in [5.41, 5.74) is 1.26. The summed E-state index contributed by atoms with van der Waals surface area (Å²) in [5.74, 6) is 0. The molecular weight excluding hydrogens is 252 g/mol. The lowest BCUT2D eigenvalue weighted by atomic mass is 10.1. The van der Waals surface area contributed by atoms with Gasteiger partial charge in [-0.25, -0.2) is 4.79 Å². The van der Waals surface area contributed by atoms with E-state index < -0.39 is 0 Å². The lowest BCUT2D eigenvalue weighted by Crippen LogP contribution is -2.51. The molecular formula is C15H24N4O. The van der Waals surface area contributed by atoms with Gasteiger partial charge in [0, 0.05) is 45.3 Å². The number of amides is 2. The predicted octanol–water partition coefficient (Wildman–Crippen LogP) is 0.952. The Balaban J connectivity index is 1.62. The molecule has 2 rings (SSSR count). The summed E-state index contributed by atoms with van der Waals surface area (Å²) < 4.78 is 0. The number of hydrogen-bond donors (Lipinski definition) is 3. The Labute approximate surface area is 120 Å². The molecule has 0 spiro atoms. The minimum absolute atomic E-state index is 0.0423. The third-order valence-electron chi connectivity index (χ3n) is 3.56. The van der Waals surface area contributed by atoms with Crippen LogP contribution in [0.5, 0.6) is 0 Å². The van der Waals surface area contributed by atoms with Gasteiger partial charge in [-0.05, 0) is 12.5 Å². The van der Waals surface area contributed by atoms with Crippen molar-refractivity contribution in [3.05, 3.63) is 35.9 Å². The molecule has 1 heterocycles. The maximum atomic E-state index is 11.9. The fraction of sp³-hybridized carbons (Fsp3) is 0.533. The molecule has 0 bridgehead atoms. The number of nitrogens with one attached hydrogen (secondary N) is 3. The third-order valence-corrected chi connectivity index (χ3v) is 3.56. The van der Waals surface area contributed by atoms with Crippen LogP contribution in [0.4, 0.5) is 4.79 Å². The van der Waals surface area contributed by atoms with Crippen LogP contribution in [-0.2, 0) is 0 Å². The van der Waals surface area contributed by atoms with Crippen molar-refractivity contribution in [1.29, 1.82) is 0 Å². The van der Waals surface area contributed by atoms with Crippen molar-refractivity contribution in [3.63, 3.8) is 0 Å². The molecule has 1 aliphatic heterocycles. The lowest BCUT2D eigenvalue weighted by Gasteiger charge is -2.27. The van der Waals surface area contributed by atoms with E-state index in [1.807, 2.05) is 23.1 Å². The Morgan fingerprint density at radius 3 is 2.65 bits per heavy atom. The molecule has 1 unspecified atom stereocenters. The molecule has 0 aliphatic carbocycles. The lowest BCUT2D eigenvalue weighted by molar-refractivity contribution is 0.190. The van der Waals surface area contributed by atoms with Crippen LogP contribution >= 0.6 is 0 Å². The molecule has 1 aliphatic rings. The molecule has 1 fully saturated rings. The van der Waals surface area contributed by atoms with Gasteiger partial charge in [-0.15, -0.1) is 0 Å². The van der Waals surface area contributed by atoms with Crippen LogP contribution in [-0.4, -0.2) is 50.2 Å². The van der Waals surface area contributed by atoms with Crippen molar-refractivity contribution in [2.75, 3.05) is 39.3 Å². The summed E-state index contributed by atoms with van der Waals surface area (Å²) in [6, 6.07) is 10.7. The normalized spacial score (nSPS) is 16.8. The number of carbonyl (C=O) groups excluding carboxylic acids is 1. The number of rotatable bonds is 5. The van der Waals surface area contributed by atoms with Gasteiger partial charge in [-0.3, -0.25) is 0 Å². The molecule has 1 aromatic rings. The minimum atomic E-state index is 0.0423. The molecule has 5 heteroatoms. The van der Waals surface area contributed by atoms with Crippen molar-refractivity contribution in [1.82, 2.24) is 20.9 Å². The average molecular weight is 276 g/mol. The zero-order valence-corrected chi connectivity index (χ0v) is 12.1. The number of benzene rings is 1. The van der Waals surface area contributed by atoms with E-state index in [9.17, 15) is 4.79 Å². The van der Waals surface area contributed by atoms with Gasteiger partial charge in [0.2, 0.25) is 0 Å². The highest BCUT2D eigenvalue weighted by molar-refractivity contribution is 5.74. The number of nitrogens with zero attached hydrogens (tertiary/aromatic N) is 1. The van der Waals surface area contributed by atoms with Gasteiger partial charge in [0.1, 0.15) is 0 Å². The van der Waals surface area contributed by atoms with E-state index in [0.29, 0.717) is 12.6 Å². The first kappa shape index (κ1) is 14.8. The van der Waals surface area contributed by atoms with Crippen molar-refractivity contribution >= 4 is 6.03 Å². The predicted molar refractivity (Wildman–Crippen MR) is 80.7 cm³/mol. The van der Waals surface area contributed by atoms with Gasteiger partial charge in [-0.2, -0.15) is 0 Å². The summed E-state index contributed by atoms with van der Waals surface area (Å²) in [6.07, 6.45) is 0. The van der Waals surface area contributed by atoms with E-state index in [0.717, 1.165) is 32.7 Å². The average Bonchev–Trinajstić information content (AvgIpc) is 2.53. The van der Waals surface area contributed by atoms with E-state index in [1.165, 1.54) is 5.56 Å². The summed E-state index contributed by atoms with van der Waals surface area (Å²) in [4.78, 5) is 13.7. The van der Waals surface area contributed by atoms with Crippen LogP contribution in [0.2, 0.25) is 0 Å². The van der Waals surface area contributed by atoms with Crippen LogP contribution in [0.25, 0.3) is 0 Å². The largest absolute Gasteiger partial charge is 0.337 e. The molecule has 0 radical (unpaired) electrons. The van der Waals surface area contributed by atoms with Crippen LogP contribution in [0.3, 0.4) is 0 Å². The fourth-order valence-corrected chi connectivity index (χ4v) is 2.30. The molecule has 1 aromatic carbocycles. The number of carbonyl (C=O) groups is 1. The zero-order valence-electron chi connectivity index (χ0n) is 12.1. The molecule has 0 aromatic heterocycles. The first-order chi connectivity index (χ1) is 9.77. The van der Waals surface area contributed by atoms with E-state index >= 15 is 0 Å². The van der Waals surface area contributed by atoms with Crippen LogP contribution in [0.15, 0.2) is 30.3 Å². The fourth-order valence-electron chi connectivity index (χ4n) is 2.30. The SMILES string of the molecule is CC(NCCNC(=O)N1CCNCC1)c1ccccc1. The Morgan fingerprint density at radius 2 is 1.95 bits per heavy atom. The number of piperazine rings is 1. The van der Waals surface area contributed by atoms with Crippen molar-refractivity contribution in [2.24, 2.45) is 0 Å². The Hall–Kier alpha value is -1.59. The molecule has 1 saturated heterocycles. The van der Waals surface area contributed by atoms with Gasteiger partial charge in [0.05, 0.1) is 0 Å². The zero-order chi connectivity index (χ0) is 14.2. The quantitative estimate of drug-likeness (QED) is 0.702. The second-order valence-electron chi connectivity index (χ2n) is 5.06. The molecule has 110 valence electrons. The highest BCUT2D eigenvalue weighted by Gasteiger charge is 2.15. The third kappa shape index (κ3) is 4.51. The molecule has 20 heavy (non-hydrogen) atoms. The molecule has 0 saturated carbocycles. The van der Waals surface area contributed by atoms with Crippen molar-refractivity contribution < 1.29 is 4.79 Å². The standard InChI is InChI=1S/C15H24N4O/c1-13(14-5-3-2-4-6-14)17-7-8-18-15(20)19-11-9-16-10-12-19/h2-6,13,16-17H,7-12H2,1H3,(H,18,20). The summed E-state index contributed by atoms with van der Waals surface area (Å²) >= 11 is 0. The van der Waals surface area contributed by atoms with Gasteiger partial charge in [-0.1, -0.05) is 30.3 Å². The van der Waals surface area contributed by atoms with Crippen LogP contribution in [0.1, 0.15) is 18.5 Å². The first-order valence-corrected chi connectivity index (χ1v) is 7.29. The molecule has 3 N–H and O–H groups in total. The highest BCUT2D eigenvalue weighted by atomic mass is 16.2. The summed E-state index contributed by atoms with van der Waals surface area (Å²) in [7, 11) is 0. The number of hydrogen-bond acceptors (Lipinski definition) is 3. The van der Waals surface area contributed by atoms with Gasteiger partial charge in [0.25, 0.3) is 0 Å². The smallest absolute Gasteiger partial charge is 0.317 e. The second kappa shape index (κ2) is 7.87. The monoisotopic (exact) mass is 276 g/mol. The Bertz CT molecular complexity index is 404. The highest BCUT2D eigenvalue weighted by Crippen LogP contribution is 2.10. The topological polar surface area (TPSA) is 56.4 Å². The molecule has 1 atom stereocenters. The van der Waals surface area contributed by atoms with Gasteiger partial charge < -0.3 is 20.9 Å². The Kier molecular flexibility index (Phi) is 5.83. The number of urea groups is 1. The van der Waals surface area contributed by atoms with Gasteiger partial charge >= 0.3 is 6.03 Å². The second-order valence-corrected chi connectivity index (χ2v) is 5.06. The van der Waals surface area contributed by atoms with E-state index in [-0.39, 0.29) is 6.03 Å². The van der Waals surface area contributed by atoms with E-state index in [4.69, 9.17) is 0 Å². The Morgan fingerprint density at radius 1 is 1.25 bits per heavy atom. The van der Waals surface area contributed by atoms with Crippen LogP contribution < -0.4 is 16.0 Å². The van der Waals surface area contributed by atoms with E-state index in [1.54, 1.807) is 0 Å². The van der Waals surface area contributed by atoms with Gasteiger partial charge in [0.15, 0.2) is 0 Å². The summed E-state index contributed by atoms with van der Waals surface area (Å²) in [5, 5.41) is 9.60. The minimum Gasteiger partial charge on any atom is -0.337 e. The van der Waals surface area contributed by atoms with Crippen molar-refractivity contribution in [2.45, 2.75) is 13.0 Å². The maximum Gasteiger partial charge on any atom is 0.317 e.